The van der Waals surface area contributed by atoms with E-state index in [-0.39, 0.29) is 0 Å². The molecule has 2 aromatic rings. The summed E-state index contributed by atoms with van der Waals surface area (Å²) in [7, 11) is 0. The number of anilines is 1. The van der Waals surface area contributed by atoms with Gasteiger partial charge < -0.3 is 5.73 Å². The van der Waals surface area contributed by atoms with Gasteiger partial charge in [-0.2, -0.15) is 0 Å². The molecule has 0 aliphatic heterocycles. The maximum Gasteiger partial charge on any atom is 0.190 e. The SMILES string of the molecule is Cc1cc(N)nc(SCc2ccc(Br)cn2)n1. The number of hydrogen-bond acceptors (Lipinski definition) is 5. The number of halogens is 1. The first kappa shape index (κ1) is 12.3. The Morgan fingerprint density at radius 3 is 2.82 bits per heavy atom. The normalized spacial score (nSPS) is 10.5. The molecule has 4 nitrogen and oxygen atoms in total. The molecule has 2 N–H and O–H groups in total. The van der Waals surface area contributed by atoms with E-state index in [9.17, 15) is 0 Å². The first-order valence-corrected chi connectivity index (χ1v) is 6.76. The van der Waals surface area contributed by atoms with Crippen molar-refractivity contribution in [3.05, 3.63) is 40.3 Å². The second-order valence-corrected chi connectivity index (χ2v) is 5.33. The third kappa shape index (κ3) is 3.67. The zero-order valence-electron chi connectivity index (χ0n) is 9.22. The summed E-state index contributed by atoms with van der Waals surface area (Å²) in [6.45, 7) is 1.90. The molecular weight excluding hydrogens is 300 g/mol. The second-order valence-electron chi connectivity index (χ2n) is 3.47. The van der Waals surface area contributed by atoms with E-state index in [1.807, 2.05) is 19.1 Å². The van der Waals surface area contributed by atoms with Gasteiger partial charge in [-0.25, -0.2) is 9.97 Å². The fourth-order valence-corrected chi connectivity index (χ4v) is 2.32. The molecule has 0 aliphatic carbocycles. The van der Waals surface area contributed by atoms with E-state index in [1.54, 1.807) is 12.3 Å². The van der Waals surface area contributed by atoms with Crippen LogP contribution in [0, 0.1) is 6.92 Å². The molecule has 2 heterocycles. The minimum Gasteiger partial charge on any atom is -0.384 e. The summed E-state index contributed by atoms with van der Waals surface area (Å²) >= 11 is 4.88. The van der Waals surface area contributed by atoms with Crippen molar-refractivity contribution in [3.8, 4) is 0 Å². The molecule has 0 amide bonds. The van der Waals surface area contributed by atoms with Crippen LogP contribution in [-0.4, -0.2) is 15.0 Å². The van der Waals surface area contributed by atoms with Crippen LogP contribution in [0.5, 0.6) is 0 Å². The molecule has 2 aromatic heterocycles. The van der Waals surface area contributed by atoms with Gasteiger partial charge in [-0.05, 0) is 35.0 Å². The van der Waals surface area contributed by atoms with Crippen molar-refractivity contribution in [3.63, 3.8) is 0 Å². The molecule has 6 heteroatoms. The number of rotatable bonds is 3. The highest BCUT2D eigenvalue weighted by Gasteiger charge is 2.02. The highest BCUT2D eigenvalue weighted by Crippen LogP contribution is 2.20. The molecule has 0 bridgehead atoms. The third-order valence-corrected chi connectivity index (χ3v) is 3.34. The van der Waals surface area contributed by atoms with Crippen LogP contribution in [0.4, 0.5) is 5.82 Å². The summed E-state index contributed by atoms with van der Waals surface area (Å²) < 4.78 is 0.974. The van der Waals surface area contributed by atoms with Gasteiger partial charge in [0.05, 0.1) is 5.69 Å². The first-order valence-electron chi connectivity index (χ1n) is 4.98. The fourth-order valence-electron chi connectivity index (χ4n) is 1.26. The van der Waals surface area contributed by atoms with Crippen LogP contribution in [0.3, 0.4) is 0 Å². The number of nitrogens with two attached hydrogens (primary N) is 1. The van der Waals surface area contributed by atoms with Gasteiger partial charge in [-0.1, -0.05) is 11.8 Å². The molecule has 0 atom stereocenters. The molecule has 0 radical (unpaired) electrons. The Labute approximate surface area is 112 Å². The van der Waals surface area contributed by atoms with E-state index < -0.39 is 0 Å². The van der Waals surface area contributed by atoms with Gasteiger partial charge in [0.1, 0.15) is 5.82 Å². The van der Waals surface area contributed by atoms with E-state index in [4.69, 9.17) is 5.73 Å². The average Bonchev–Trinajstić information content (AvgIpc) is 2.27. The molecule has 2 rings (SSSR count). The predicted molar refractivity (Wildman–Crippen MR) is 72.7 cm³/mol. The van der Waals surface area contributed by atoms with E-state index in [0.717, 1.165) is 21.6 Å². The second kappa shape index (κ2) is 5.46. The number of thioether (sulfide) groups is 1. The summed E-state index contributed by atoms with van der Waals surface area (Å²) in [6.07, 6.45) is 1.78. The minimum absolute atomic E-state index is 0.503. The van der Waals surface area contributed by atoms with E-state index in [0.29, 0.717) is 11.0 Å². The van der Waals surface area contributed by atoms with Crippen molar-refractivity contribution in [1.29, 1.82) is 0 Å². The summed E-state index contributed by atoms with van der Waals surface area (Å²) in [5.41, 5.74) is 7.53. The number of pyridine rings is 1. The van der Waals surface area contributed by atoms with Crippen LogP contribution in [0.1, 0.15) is 11.4 Å². The van der Waals surface area contributed by atoms with Crippen LogP contribution in [0.15, 0.2) is 34.0 Å². The largest absolute Gasteiger partial charge is 0.384 e. The van der Waals surface area contributed by atoms with Crippen LogP contribution in [0.25, 0.3) is 0 Å². The molecule has 0 aliphatic rings. The van der Waals surface area contributed by atoms with Gasteiger partial charge in [0.25, 0.3) is 0 Å². The van der Waals surface area contributed by atoms with Crippen molar-refractivity contribution in [1.82, 2.24) is 15.0 Å². The quantitative estimate of drug-likeness (QED) is 0.697. The average molecular weight is 311 g/mol. The van der Waals surface area contributed by atoms with Crippen molar-refractivity contribution in [2.75, 3.05) is 5.73 Å². The van der Waals surface area contributed by atoms with Crippen LogP contribution < -0.4 is 5.73 Å². The number of hydrogen-bond donors (Lipinski definition) is 1. The number of aromatic nitrogens is 3. The van der Waals surface area contributed by atoms with E-state index in [1.165, 1.54) is 11.8 Å². The Balaban J connectivity index is 2.04. The summed E-state index contributed by atoms with van der Waals surface area (Å²) in [6, 6.07) is 5.69. The topological polar surface area (TPSA) is 64.7 Å². The van der Waals surface area contributed by atoms with Gasteiger partial charge in [0, 0.05) is 28.2 Å². The predicted octanol–water partition coefficient (Wildman–Crippen LogP) is 2.82. The Morgan fingerprint density at radius 1 is 1.35 bits per heavy atom. The standard InChI is InChI=1S/C11H11BrN4S/c1-7-4-10(13)16-11(15-7)17-6-9-3-2-8(12)5-14-9/h2-5H,6H2,1H3,(H2,13,15,16). The zero-order valence-corrected chi connectivity index (χ0v) is 11.6. The van der Waals surface area contributed by atoms with Crippen molar-refractivity contribution in [2.45, 2.75) is 17.8 Å². The van der Waals surface area contributed by atoms with Gasteiger partial charge in [-0.15, -0.1) is 0 Å². The molecule has 17 heavy (non-hydrogen) atoms. The van der Waals surface area contributed by atoms with Crippen LogP contribution in [0.2, 0.25) is 0 Å². The molecule has 0 saturated heterocycles. The third-order valence-electron chi connectivity index (χ3n) is 1.99. The summed E-state index contributed by atoms with van der Waals surface area (Å²) in [5.74, 6) is 1.24. The monoisotopic (exact) mass is 310 g/mol. The number of aryl methyl sites for hydroxylation is 1. The molecular formula is C11H11BrN4S. The molecule has 0 aromatic carbocycles. The Hall–Kier alpha value is -1.14. The Bertz CT molecular complexity index is 495. The lowest BCUT2D eigenvalue weighted by Gasteiger charge is -2.02. The van der Waals surface area contributed by atoms with Crippen LogP contribution in [-0.2, 0) is 5.75 Å². The fraction of sp³-hybridized carbons (Fsp3) is 0.182. The summed E-state index contributed by atoms with van der Waals surface area (Å²) in [5, 5.41) is 0.687. The molecule has 0 spiro atoms. The lowest BCUT2D eigenvalue weighted by atomic mass is 10.4. The zero-order chi connectivity index (χ0) is 12.3. The molecule has 0 unspecified atom stereocenters. The van der Waals surface area contributed by atoms with Gasteiger partial charge in [0.2, 0.25) is 0 Å². The number of nitrogen functional groups attached to an aromatic ring is 1. The maximum absolute atomic E-state index is 5.66. The van der Waals surface area contributed by atoms with Crippen LogP contribution >= 0.6 is 27.7 Å². The lowest BCUT2D eigenvalue weighted by molar-refractivity contribution is 0.939. The lowest BCUT2D eigenvalue weighted by Crippen LogP contribution is -1.97. The molecule has 88 valence electrons. The van der Waals surface area contributed by atoms with Gasteiger partial charge >= 0.3 is 0 Å². The van der Waals surface area contributed by atoms with Gasteiger partial charge in [-0.3, -0.25) is 4.98 Å². The molecule has 0 fully saturated rings. The maximum atomic E-state index is 5.66. The number of nitrogens with zero attached hydrogens (tertiary/aromatic N) is 3. The van der Waals surface area contributed by atoms with E-state index >= 15 is 0 Å². The summed E-state index contributed by atoms with van der Waals surface area (Å²) in [4.78, 5) is 12.7. The van der Waals surface area contributed by atoms with E-state index in [2.05, 4.69) is 30.9 Å². The molecule has 0 saturated carbocycles. The Morgan fingerprint density at radius 2 is 2.18 bits per heavy atom. The van der Waals surface area contributed by atoms with Crippen molar-refractivity contribution < 1.29 is 0 Å². The van der Waals surface area contributed by atoms with Crippen molar-refractivity contribution in [2.24, 2.45) is 0 Å². The minimum atomic E-state index is 0.503. The van der Waals surface area contributed by atoms with Crippen molar-refractivity contribution >= 4 is 33.5 Å². The van der Waals surface area contributed by atoms with Gasteiger partial charge in [0.15, 0.2) is 5.16 Å². The highest BCUT2D eigenvalue weighted by atomic mass is 79.9. The smallest absolute Gasteiger partial charge is 0.190 e. The highest BCUT2D eigenvalue weighted by molar-refractivity contribution is 9.10. The Kier molecular flexibility index (Phi) is 3.96. The first-order chi connectivity index (χ1) is 8.13.